The van der Waals surface area contributed by atoms with E-state index in [1.807, 2.05) is 18.2 Å². The normalized spacial score (nSPS) is 19.3. The number of nitrogens with zero attached hydrogens (tertiary/aromatic N) is 1. The quantitative estimate of drug-likeness (QED) is 0.910. The molecule has 0 bridgehead atoms. The smallest absolute Gasteiger partial charge is 0.161 e. The van der Waals surface area contributed by atoms with Crippen molar-refractivity contribution < 1.29 is 4.74 Å². The molecule has 0 saturated carbocycles. The highest BCUT2D eigenvalue weighted by molar-refractivity contribution is 8.14. The Labute approximate surface area is 117 Å². The highest BCUT2D eigenvalue weighted by Gasteiger charge is 2.15. The van der Waals surface area contributed by atoms with Crippen LogP contribution in [0.2, 0.25) is 5.02 Å². The first kappa shape index (κ1) is 13.6. The van der Waals surface area contributed by atoms with Crippen molar-refractivity contribution in [3.05, 3.63) is 23.2 Å². The van der Waals surface area contributed by atoms with Crippen LogP contribution in [0.3, 0.4) is 0 Å². The van der Waals surface area contributed by atoms with E-state index in [1.54, 1.807) is 18.9 Å². The van der Waals surface area contributed by atoms with Crippen molar-refractivity contribution in [3.8, 4) is 5.75 Å². The lowest BCUT2D eigenvalue weighted by molar-refractivity contribution is 0.415. The van der Waals surface area contributed by atoms with Crippen molar-refractivity contribution in [1.29, 1.82) is 0 Å². The Morgan fingerprint density at radius 3 is 3.11 bits per heavy atom. The first-order valence-electron chi connectivity index (χ1n) is 6.04. The molecule has 1 aromatic rings. The number of thioether (sulfide) groups is 1. The fourth-order valence-electron chi connectivity index (χ4n) is 1.77. The number of nitrogens with one attached hydrogen (secondary N) is 1. The standard InChI is InChI=1S/C13H17ClN2OS/c1-3-9-6-7-18-13(15-9)16-12-8-10(17-2)4-5-11(12)14/h4-5,8-9H,3,6-7H2,1-2H3,(H,15,16). The van der Waals surface area contributed by atoms with Crippen LogP contribution in [0.1, 0.15) is 19.8 Å². The van der Waals surface area contributed by atoms with E-state index >= 15 is 0 Å². The minimum absolute atomic E-state index is 0.429. The van der Waals surface area contributed by atoms with Gasteiger partial charge in [0, 0.05) is 11.8 Å². The number of benzene rings is 1. The molecule has 1 atom stereocenters. The van der Waals surface area contributed by atoms with Gasteiger partial charge in [0.25, 0.3) is 0 Å². The van der Waals surface area contributed by atoms with Crippen LogP contribution in [0, 0.1) is 0 Å². The summed E-state index contributed by atoms with van der Waals surface area (Å²) in [5.41, 5.74) is 0.846. The van der Waals surface area contributed by atoms with Crippen LogP contribution in [0.25, 0.3) is 0 Å². The van der Waals surface area contributed by atoms with Crippen molar-refractivity contribution >= 4 is 34.2 Å². The maximum atomic E-state index is 6.16. The van der Waals surface area contributed by atoms with Gasteiger partial charge in [0.05, 0.1) is 23.9 Å². The highest BCUT2D eigenvalue weighted by atomic mass is 35.5. The molecule has 0 saturated heterocycles. The third kappa shape index (κ3) is 3.33. The molecule has 1 heterocycles. The Morgan fingerprint density at radius 1 is 1.56 bits per heavy atom. The lowest BCUT2D eigenvalue weighted by Gasteiger charge is -2.20. The Kier molecular flexibility index (Phi) is 4.78. The molecule has 0 amide bonds. The zero-order chi connectivity index (χ0) is 13.0. The van der Waals surface area contributed by atoms with Crippen LogP contribution < -0.4 is 10.1 Å². The number of aliphatic imine (C=N–C) groups is 1. The summed E-state index contributed by atoms with van der Waals surface area (Å²) in [7, 11) is 1.65. The van der Waals surface area contributed by atoms with E-state index in [1.165, 1.54) is 0 Å². The van der Waals surface area contributed by atoms with E-state index < -0.39 is 0 Å². The van der Waals surface area contributed by atoms with Gasteiger partial charge in [-0.25, -0.2) is 0 Å². The maximum Gasteiger partial charge on any atom is 0.161 e. The van der Waals surface area contributed by atoms with Gasteiger partial charge in [0.2, 0.25) is 0 Å². The topological polar surface area (TPSA) is 33.6 Å². The van der Waals surface area contributed by atoms with Crippen LogP contribution in [0.4, 0.5) is 5.69 Å². The van der Waals surface area contributed by atoms with E-state index in [9.17, 15) is 0 Å². The molecule has 0 spiro atoms. The van der Waals surface area contributed by atoms with Crippen LogP contribution in [-0.2, 0) is 0 Å². The number of methoxy groups -OCH3 is 1. The summed E-state index contributed by atoms with van der Waals surface area (Å²) < 4.78 is 5.20. The van der Waals surface area contributed by atoms with Crippen LogP contribution in [-0.4, -0.2) is 24.1 Å². The molecule has 1 aliphatic rings. The summed E-state index contributed by atoms with van der Waals surface area (Å²) in [6.07, 6.45) is 2.23. The Hall–Kier alpha value is -0.870. The predicted molar refractivity (Wildman–Crippen MR) is 80.2 cm³/mol. The van der Waals surface area contributed by atoms with Crippen molar-refractivity contribution in [3.63, 3.8) is 0 Å². The molecule has 0 radical (unpaired) electrons. The van der Waals surface area contributed by atoms with E-state index in [2.05, 4.69) is 17.2 Å². The van der Waals surface area contributed by atoms with Gasteiger partial charge in [0.15, 0.2) is 5.17 Å². The summed E-state index contributed by atoms with van der Waals surface area (Å²) in [4.78, 5) is 4.66. The second-order valence-electron chi connectivity index (χ2n) is 4.10. The highest BCUT2D eigenvalue weighted by Crippen LogP contribution is 2.29. The number of rotatable bonds is 3. The molecule has 1 N–H and O–H groups in total. The first-order chi connectivity index (χ1) is 8.72. The third-order valence-corrected chi connectivity index (χ3v) is 4.13. The summed E-state index contributed by atoms with van der Waals surface area (Å²) in [6.45, 7) is 2.17. The average Bonchev–Trinajstić information content (AvgIpc) is 2.41. The predicted octanol–water partition coefficient (Wildman–Crippen LogP) is 4.03. The molecule has 0 aromatic heterocycles. The van der Waals surface area contributed by atoms with Gasteiger partial charge < -0.3 is 10.1 Å². The van der Waals surface area contributed by atoms with Gasteiger partial charge in [-0.3, -0.25) is 4.99 Å². The van der Waals surface area contributed by atoms with E-state index in [-0.39, 0.29) is 0 Å². The second-order valence-corrected chi connectivity index (χ2v) is 5.60. The minimum atomic E-state index is 0.429. The van der Waals surface area contributed by atoms with Crippen molar-refractivity contribution in [1.82, 2.24) is 0 Å². The fraction of sp³-hybridized carbons (Fsp3) is 0.462. The lowest BCUT2D eigenvalue weighted by atomic mass is 10.2. The van der Waals surface area contributed by atoms with Gasteiger partial charge in [-0.2, -0.15) is 0 Å². The van der Waals surface area contributed by atoms with Gasteiger partial charge in [-0.15, -0.1) is 0 Å². The zero-order valence-electron chi connectivity index (χ0n) is 10.6. The Bertz CT molecular complexity index is 451. The lowest BCUT2D eigenvalue weighted by Crippen LogP contribution is -2.19. The summed E-state index contributed by atoms with van der Waals surface area (Å²) in [6, 6.07) is 5.99. The fourth-order valence-corrected chi connectivity index (χ4v) is 2.92. The molecule has 0 fully saturated rings. The number of ether oxygens (including phenoxy) is 1. The van der Waals surface area contributed by atoms with Crippen molar-refractivity contribution in [2.75, 3.05) is 18.2 Å². The molecule has 5 heteroatoms. The maximum absolute atomic E-state index is 6.16. The third-order valence-electron chi connectivity index (χ3n) is 2.88. The summed E-state index contributed by atoms with van der Waals surface area (Å²) in [5, 5.41) is 4.92. The number of hydrogen-bond donors (Lipinski definition) is 1. The van der Waals surface area contributed by atoms with Gasteiger partial charge >= 0.3 is 0 Å². The van der Waals surface area contributed by atoms with Crippen molar-refractivity contribution in [2.24, 2.45) is 4.99 Å². The van der Waals surface area contributed by atoms with E-state index in [4.69, 9.17) is 16.3 Å². The number of amidine groups is 1. The molecule has 3 nitrogen and oxygen atoms in total. The average molecular weight is 285 g/mol. The number of halogens is 1. The van der Waals surface area contributed by atoms with Crippen LogP contribution in [0.15, 0.2) is 23.2 Å². The summed E-state index contributed by atoms with van der Waals surface area (Å²) >= 11 is 7.90. The van der Waals surface area contributed by atoms with Crippen LogP contribution >= 0.6 is 23.4 Å². The van der Waals surface area contributed by atoms with Gasteiger partial charge in [0.1, 0.15) is 5.75 Å². The molecular weight excluding hydrogens is 268 g/mol. The largest absolute Gasteiger partial charge is 0.497 e. The number of anilines is 1. The number of hydrogen-bond acceptors (Lipinski definition) is 4. The molecule has 1 unspecified atom stereocenters. The second kappa shape index (κ2) is 6.34. The van der Waals surface area contributed by atoms with Gasteiger partial charge in [-0.05, 0) is 25.0 Å². The summed E-state index contributed by atoms with van der Waals surface area (Å²) in [5.74, 6) is 1.89. The molecular formula is C13H17ClN2OS. The molecule has 1 aliphatic heterocycles. The molecule has 0 aliphatic carbocycles. The first-order valence-corrected chi connectivity index (χ1v) is 7.40. The molecule has 2 rings (SSSR count). The molecule has 98 valence electrons. The molecule has 18 heavy (non-hydrogen) atoms. The van der Waals surface area contributed by atoms with Crippen LogP contribution in [0.5, 0.6) is 5.75 Å². The van der Waals surface area contributed by atoms with Crippen molar-refractivity contribution in [2.45, 2.75) is 25.8 Å². The SMILES string of the molecule is CCC1CCSC(Nc2cc(OC)ccc2Cl)=N1. The Morgan fingerprint density at radius 2 is 2.39 bits per heavy atom. The van der Waals surface area contributed by atoms with E-state index in [0.29, 0.717) is 11.1 Å². The molecule has 1 aromatic carbocycles. The zero-order valence-corrected chi connectivity index (χ0v) is 12.1. The minimum Gasteiger partial charge on any atom is -0.497 e. The Balaban J connectivity index is 2.15. The monoisotopic (exact) mass is 284 g/mol. The van der Waals surface area contributed by atoms with E-state index in [0.717, 1.165) is 35.2 Å². The van der Waals surface area contributed by atoms with Gasteiger partial charge in [-0.1, -0.05) is 30.3 Å².